The van der Waals surface area contributed by atoms with Gasteiger partial charge in [0.05, 0.1) is 17.9 Å². The maximum atomic E-state index is 11.9. The molecule has 1 heterocycles. The van der Waals surface area contributed by atoms with Crippen molar-refractivity contribution in [1.82, 2.24) is 10.3 Å². The number of rotatable bonds is 5. The predicted molar refractivity (Wildman–Crippen MR) is 64.5 cm³/mol. The van der Waals surface area contributed by atoms with E-state index in [2.05, 4.69) is 10.3 Å². The van der Waals surface area contributed by atoms with Crippen LogP contribution in [-0.2, 0) is 9.53 Å². The first-order valence-electron chi connectivity index (χ1n) is 5.42. The zero-order chi connectivity index (χ0) is 13.7. The van der Waals surface area contributed by atoms with Crippen molar-refractivity contribution in [3.8, 4) is 0 Å². The third kappa shape index (κ3) is 3.53. The van der Waals surface area contributed by atoms with E-state index < -0.39 is 17.9 Å². The van der Waals surface area contributed by atoms with E-state index in [-0.39, 0.29) is 6.61 Å². The van der Waals surface area contributed by atoms with Crippen LogP contribution in [0.25, 0.3) is 0 Å². The number of ether oxygens (including phenoxy) is 1. The minimum absolute atomic E-state index is 0.0839. The van der Waals surface area contributed by atoms with Gasteiger partial charge in [-0.05, 0) is 26.0 Å². The second-order valence-electron chi connectivity index (χ2n) is 3.91. The van der Waals surface area contributed by atoms with Gasteiger partial charge in [-0.2, -0.15) is 0 Å². The summed E-state index contributed by atoms with van der Waals surface area (Å²) in [5.41, 5.74) is 1.73. The summed E-state index contributed by atoms with van der Waals surface area (Å²) in [5.74, 6) is -1.60. The molecule has 0 saturated heterocycles. The van der Waals surface area contributed by atoms with Gasteiger partial charge in [-0.25, -0.2) is 4.79 Å². The molecule has 98 valence electrons. The fourth-order valence-electron chi connectivity index (χ4n) is 1.50. The molecule has 6 heteroatoms. The van der Waals surface area contributed by atoms with Crippen LogP contribution in [0.1, 0.15) is 21.7 Å². The summed E-state index contributed by atoms with van der Waals surface area (Å²) >= 11 is 0. The third-order valence-corrected chi connectivity index (χ3v) is 2.41. The van der Waals surface area contributed by atoms with E-state index in [1.165, 1.54) is 7.11 Å². The fraction of sp³-hybridized carbons (Fsp3) is 0.417. The van der Waals surface area contributed by atoms with Crippen molar-refractivity contribution in [3.63, 3.8) is 0 Å². The maximum Gasteiger partial charge on any atom is 0.328 e. The molecule has 6 nitrogen and oxygen atoms in total. The number of carbonyl (C=O) groups is 2. The summed E-state index contributed by atoms with van der Waals surface area (Å²) in [6, 6.07) is 2.26. The minimum atomic E-state index is -1.14. The van der Waals surface area contributed by atoms with Gasteiger partial charge < -0.3 is 15.2 Å². The Bertz CT molecular complexity index is 459. The van der Waals surface area contributed by atoms with Gasteiger partial charge in [0.15, 0.2) is 6.04 Å². The Kier molecular flexibility index (Phi) is 4.79. The molecule has 0 aromatic carbocycles. The van der Waals surface area contributed by atoms with E-state index in [9.17, 15) is 9.59 Å². The number of nitrogens with zero attached hydrogens (tertiary/aromatic N) is 1. The first-order valence-corrected chi connectivity index (χ1v) is 5.42. The van der Waals surface area contributed by atoms with Crippen molar-refractivity contribution in [2.24, 2.45) is 0 Å². The number of aliphatic carboxylic acids is 1. The number of aromatic nitrogens is 1. The highest BCUT2D eigenvalue weighted by molar-refractivity contribution is 5.97. The van der Waals surface area contributed by atoms with Crippen LogP contribution in [0.5, 0.6) is 0 Å². The number of hydrogen-bond donors (Lipinski definition) is 2. The second-order valence-corrected chi connectivity index (χ2v) is 3.91. The van der Waals surface area contributed by atoms with E-state index in [0.717, 1.165) is 5.69 Å². The Labute approximate surface area is 105 Å². The monoisotopic (exact) mass is 252 g/mol. The van der Waals surface area contributed by atoms with Crippen molar-refractivity contribution in [1.29, 1.82) is 0 Å². The topological polar surface area (TPSA) is 88.5 Å². The summed E-state index contributed by atoms with van der Waals surface area (Å²) in [6.45, 7) is 3.44. The smallest absolute Gasteiger partial charge is 0.328 e. The minimum Gasteiger partial charge on any atom is -0.480 e. The Morgan fingerprint density at radius 2 is 2.11 bits per heavy atom. The van der Waals surface area contributed by atoms with Crippen LogP contribution >= 0.6 is 0 Å². The number of carbonyl (C=O) groups excluding carboxylic acids is 1. The van der Waals surface area contributed by atoms with E-state index in [1.807, 2.05) is 6.92 Å². The van der Waals surface area contributed by atoms with Gasteiger partial charge in [-0.1, -0.05) is 0 Å². The summed E-state index contributed by atoms with van der Waals surface area (Å²) in [7, 11) is 1.38. The number of aryl methyl sites for hydroxylation is 2. The van der Waals surface area contributed by atoms with Gasteiger partial charge in [0, 0.05) is 12.8 Å². The van der Waals surface area contributed by atoms with E-state index >= 15 is 0 Å². The zero-order valence-electron chi connectivity index (χ0n) is 10.6. The molecular formula is C12H16N2O4. The molecule has 0 bridgehead atoms. The summed E-state index contributed by atoms with van der Waals surface area (Å²) in [4.78, 5) is 26.9. The van der Waals surface area contributed by atoms with Crippen LogP contribution in [0, 0.1) is 13.8 Å². The van der Waals surface area contributed by atoms with Gasteiger partial charge in [-0.15, -0.1) is 0 Å². The standard InChI is InChI=1S/C12H16N2O4/c1-7-4-5-9(8(2)13-7)11(15)14-10(6-18-3)12(16)17/h4-5,10H,6H2,1-3H3,(H,14,15)(H,16,17). The number of hydrogen-bond acceptors (Lipinski definition) is 4. The first kappa shape index (κ1) is 14.1. The molecule has 0 aliphatic carbocycles. The first-order chi connectivity index (χ1) is 8.45. The number of pyridine rings is 1. The normalized spacial score (nSPS) is 11.9. The Balaban J connectivity index is 2.83. The average molecular weight is 252 g/mol. The van der Waals surface area contributed by atoms with Crippen LogP contribution in [0.2, 0.25) is 0 Å². The van der Waals surface area contributed by atoms with Crippen LogP contribution < -0.4 is 5.32 Å². The van der Waals surface area contributed by atoms with Gasteiger partial charge in [-0.3, -0.25) is 9.78 Å². The molecule has 1 unspecified atom stereocenters. The lowest BCUT2D eigenvalue weighted by molar-refractivity contribution is -0.140. The van der Waals surface area contributed by atoms with Crippen LogP contribution in [0.3, 0.4) is 0 Å². The molecule has 1 amide bonds. The number of amides is 1. The molecule has 0 radical (unpaired) electrons. The van der Waals surface area contributed by atoms with Gasteiger partial charge in [0.2, 0.25) is 0 Å². The molecule has 1 rings (SSSR count). The molecule has 1 aromatic heterocycles. The highest BCUT2D eigenvalue weighted by Gasteiger charge is 2.21. The highest BCUT2D eigenvalue weighted by Crippen LogP contribution is 2.06. The molecule has 1 aromatic rings. The lowest BCUT2D eigenvalue weighted by atomic mass is 10.1. The molecule has 0 aliphatic heterocycles. The highest BCUT2D eigenvalue weighted by atomic mass is 16.5. The van der Waals surface area contributed by atoms with Gasteiger partial charge in [0.1, 0.15) is 0 Å². The number of methoxy groups -OCH3 is 1. The molecule has 0 saturated carbocycles. The van der Waals surface area contributed by atoms with Crippen LogP contribution in [0.4, 0.5) is 0 Å². The Hall–Kier alpha value is -1.95. The van der Waals surface area contributed by atoms with Gasteiger partial charge in [0.25, 0.3) is 5.91 Å². The summed E-state index contributed by atoms with van der Waals surface area (Å²) in [5, 5.41) is 11.3. The quantitative estimate of drug-likeness (QED) is 0.798. The molecule has 0 fully saturated rings. The Morgan fingerprint density at radius 3 is 2.61 bits per heavy atom. The van der Waals surface area contributed by atoms with Crippen molar-refractivity contribution in [2.75, 3.05) is 13.7 Å². The van der Waals surface area contributed by atoms with Crippen molar-refractivity contribution < 1.29 is 19.4 Å². The SMILES string of the molecule is COCC(NC(=O)c1ccc(C)nc1C)C(=O)O. The predicted octanol–water partition coefficient (Wildman–Crippen LogP) is 0.528. The van der Waals surface area contributed by atoms with E-state index in [0.29, 0.717) is 11.3 Å². The largest absolute Gasteiger partial charge is 0.480 e. The fourth-order valence-corrected chi connectivity index (χ4v) is 1.50. The molecule has 0 aliphatic rings. The Morgan fingerprint density at radius 1 is 1.44 bits per heavy atom. The van der Waals surface area contributed by atoms with Crippen LogP contribution in [0.15, 0.2) is 12.1 Å². The van der Waals surface area contributed by atoms with Crippen molar-refractivity contribution in [2.45, 2.75) is 19.9 Å². The third-order valence-electron chi connectivity index (χ3n) is 2.41. The van der Waals surface area contributed by atoms with Crippen molar-refractivity contribution >= 4 is 11.9 Å². The van der Waals surface area contributed by atoms with Gasteiger partial charge >= 0.3 is 5.97 Å². The van der Waals surface area contributed by atoms with E-state index in [4.69, 9.17) is 9.84 Å². The molecule has 18 heavy (non-hydrogen) atoms. The van der Waals surface area contributed by atoms with Crippen LogP contribution in [-0.4, -0.2) is 41.7 Å². The number of carboxylic acid groups (broad SMARTS) is 1. The molecule has 2 N–H and O–H groups in total. The number of carboxylic acids is 1. The van der Waals surface area contributed by atoms with Crippen molar-refractivity contribution in [3.05, 3.63) is 29.1 Å². The molecule has 0 spiro atoms. The average Bonchev–Trinajstić information content (AvgIpc) is 2.27. The van der Waals surface area contributed by atoms with E-state index in [1.54, 1.807) is 19.1 Å². The summed E-state index contributed by atoms with van der Waals surface area (Å²) < 4.78 is 4.74. The second kappa shape index (κ2) is 6.11. The lowest BCUT2D eigenvalue weighted by Gasteiger charge is -2.14. The summed E-state index contributed by atoms with van der Waals surface area (Å²) in [6.07, 6.45) is 0. The lowest BCUT2D eigenvalue weighted by Crippen LogP contribution is -2.44. The number of nitrogens with one attached hydrogen (secondary N) is 1. The molecule has 1 atom stereocenters. The molecular weight excluding hydrogens is 236 g/mol. The zero-order valence-corrected chi connectivity index (χ0v) is 10.6. The maximum absolute atomic E-state index is 11.9.